The van der Waals surface area contributed by atoms with E-state index >= 15 is 0 Å². The highest BCUT2D eigenvalue weighted by molar-refractivity contribution is 5.94. The van der Waals surface area contributed by atoms with E-state index < -0.39 is 17.5 Å². The number of anilines is 2. The molecule has 0 aliphatic carbocycles. The Balaban J connectivity index is 1.45. The van der Waals surface area contributed by atoms with E-state index in [-0.39, 0.29) is 11.5 Å². The second-order valence-electron chi connectivity index (χ2n) is 7.92. The van der Waals surface area contributed by atoms with E-state index in [0.717, 1.165) is 30.3 Å². The summed E-state index contributed by atoms with van der Waals surface area (Å²) in [7, 11) is 0. The number of aryl methyl sites for hydroxylation is 2. The van der Waals surface area contributed by atoms with E-state index in [1.54, 1.807) is 4.90 Å². The molecule has 1 amide bonds. The standard InChI is InChI=1S/C22H24F2N6O/c1-13-9-20(29-28-13)27-19-11-16(25-14(2)26-19)10-15-5-4-8-30(12-15)22(31)17-6-3-7-18(23)21(17)24/h3,6-7,9,11,15H,4-5,8,10,12H2,1-2H3,(H2,25,26,27,28,29)/t15-/m1/s1. The van der Waals surface area contributed by atoms with E-state index in [1.807, 2.05) is 26.0 Å². The molecule has 31 heavy (non-hydrogen) atoms. The van der Waals surface area contributed by atoms with Crippen LogP contribution < -0.4 is 5.32 Å². The van der Waals surface area contributed by atoms with Crippen LogP contribution in [0.5, 0.6) is 0 Å². The average molecular weight is 426 g/mol. The minimum Gasteiger partial charge on any atom is -0.338 e. The summed E-state index contributed by atoms with van der Waals surface area (Å²) in [6.07, 6.45) is 2.39. The molecule has 3 heterocycles. The van der Waals surface area contributed by atoms with Crippen LogP contribution in [0.25, 0.3) is 0 Å². The molecule has 1 aliphatic heterocycles. The topological polar surface area (TPSA) is 86.8 Å². The summed E-state index contributed by atoms with van der Waals surface area (Å²) in [6, 6.07) is 7.45. The van der Waals surface area contributed by atoms with Gasteiger partial charge in [-0.1, -0.05) is 6.07 Å². The van der Waals surface area contributed by atoms with Gasteiger partial charge in [0, 0.05) is 36.6 Å². The van der Waals surface area contributed by atoms with Gasteiger partial charge in [-0.3, -0.25) is 9.89 Å². The normalized spacial score (nSPS) is 16.4. The molecule has 9 heteroatoms. The number of nitrogens with one attached hydrogen (secondary N) is 2. The van der Waals surface area contributed by atoms with Crippen LogP contribution >= 0.6 is 0 Å². The first kappa shape index (κ1) is 20.9. The Morgan fingerprint density at radius 3 is 2.84 bits per heavy atom. The first-order valence-corrected chi connectivity index (χ1v) is 10.3. The highest BCUT2D eigenvalue weighted by Crippen LogP contribution is 2.24. The molecule has 1 saturated heterocycles. The number of aromatic nitrogens is 4. The van der Waals surface area contributed by atoms with Crippen molar-refractivity contribution in [2.75, 3.05) is 18.4 Å². The predicted octanol–water partition coefficient (Wildman–Crippen LogP) is 3.93. The van der Waals surface area contributed by atoms with Gasteiger partial charge in [0.2, 0.25) is 0 Å². The molecule has 4 rings (SSSR count). The van der Waals surface area contributed by atoms with Gasteiger partial charge in [-0.15, -0.1) is 0 Å². The lowest BCUT2D eigenvalue weighted by molar-refractivity contribution is 0.0667. The number of rotatable bonds is 5. The molecule has 3 aromatic rings. The molecule has 0 unspecified atom stereocenters. The second-order valence-corrected chi connectivity index (χ2v) is 7.92. The number of piperidine rings is 1. The zero-order valence-corrected chi connectivity index (χ0v) is 17.5. The van der Waals surface area contributed by atoms with Gasteiger partial charge in [-0.25, -0.2) is 18.7 Å². The third-order valence-corrected chi connectivity index (χ3v) is 5.34. The molecular weight excluding hydrogens is 402 g/mol. The van der Waals surface area contributed by atoms with Crippen molar-refractivity contribution in [2.45, 2.75) is 33.1 Å². The lowest BCUT2D eigenvalue weighted by Gasteiger charge is -2.33. The fourth-order valence-electron chi connectivity index (χ4n) is 3.96. The number of likely N-dealkylation sites (tertiary alicyclic amines) is 1. The minimum absolute atomic E-state index is 0.170. The average Bonchev–Trinajstić information content (AvgIpc) is 3.14. The number of hydrogen-bond acceptors (Lipinski definition) is 5. The van der Waals surface area contributed by atoms with Gasteiger partial charge in [0.25, 0.3) is 5.91 Å². The van der Waals surface area contributed by atoms with Crippen LogP contribution in [0.3, 0.4) is 0 Å². The molecule has 2 N–H and O–H groups in total. The van der Waals surface area contributed by atoms with Crippen LogP contribution in [0.15, 0.2) is 30.3 Å². The van der Waals surface area contributed by atoms with E-state index in [1.165, 1.54) is 12.1 Å². The molecule has 1 aliphatic rings. The van der Waals surface area contributed by atoms with Gasteiger partial charge >= 0.3 is 0 Å². The molecule has 2 aromatic heterocycles. The van der Waals surface area contributed by atoms with E-state index in [9.17, 15) is 13.6 Å². The molecule has 1 atom stereocenters. The third-order valence-electron chi connectivity index (χ3n) is 5.34. The fraction of sp³-hybridized carbons (Fsp3) is 0.364. The lowest BCUT2D eigenvalue weighted by atomic mass is 9.92. The van der Waals surface area contributed by atoms with Crippen molar-refractivity contribution in [2.24, 2.45) is 5.92 Å². The Kier molecular flexibility index (Phi) is 5.92. The second kappa shape index (κ2) is 8.79. The summed E-state index contributed by atoms with van der Waals surface area (Å²) in [5.74, 6) is -0.445. The Labute approximate surface area is 178 Å². The largest absolute Gasteiger partial charge is 0.338 e. The van der Waals surface area contributed by atoms with E-state index in [0.29, 0.717) is 37.0 Å². The number of aromatic amines is 1. The number of halogens is 2. The summed E-state index contributed by atoms with van der Waals surface area (Å²) in [4.78, 5) is 23.3. The van der Waals surface area contributed by atoms with Crippen LogP contribution in [0.1, 0.15) is 40.4 Å². The molecule has 0 bridgehead atoms. The van der Waals surface area contributed by atoms with Crippen molar-refractivity contribution in [3.8, 4) is 0 Å². The fourth-order valence-corrected chi connectivity index (χ4v) is 3.96. The highest BCUT2D eigenvalue weighted by Gasteiger charge is 2.27. The first-order valence-electron chi connectivity index (χ1n) is 10.3. The van der Waals surface area contributed by atoms with Gasteiger partial charge in [-0.2, -0.15) is 5.10 Å². The van der Waals surface area contributed by atoms with Crippen molar-refractivity contribution in [3.63, 3.8) is 0 Å². The summed E-state index contributed by atoms with van der Waals surface area (Å²) < 4.78 is 27.6. The number of carbonyl (C=O) groups is 1. The van der Waals surface area contributed by atoms with Crippen molar-refractivity contribution in [1.29, 1.82) is 0 Å². The highest BCUT2D eigenvalue weighted by atomic mass is 19.2. The Hall–Kier alpha value is -3.36. The van der Waals surface area contributed by atoms with Gasteiger partial charge in [0.1, 0.15) is 11.6 Å². The smallest absolute Gasteiger partial charge is 0.256 e. The summed E-state index contributed by atoms with van der Waals surface area (Å²) in [5.41, 5.74) is 1.58. The Morgan fingerprint density at radius 1 is 1.23 bits per heavy atom. The van der Waals surface area contributed by atoms with Crippen LogP contribution in [-0.4, -0.2) is 44.1 Å². The van der Waals surface area contributed by atoms with Gasteiger partial charge in [-0.05, 0) is 51.2 Å². The van der Waals surface area contributed by atoms with Crippen LogP contribution in [0, 0.1) is 31.4 Å². The maximum atomic E-state index is 14.1. The maximum Gasteiger partial charge on any atom is 0.256 e. The molecule has 0 saturated carbocycles. The summed E-state index contributed by atoms with van der Waals surface area (Å²) >= 11 is 0. The monoisotopic (exact) mass is 426 g/mol. The van der Waals surface area contributed by atoms with Crippen LogP contribution in [0.2, 0.25) is 0 Å². The summed E-state index contributed by atoms with van der Waals surface area (Å²) in [5, 5.41) is 10.2. The maximum absolute atomic E-state index is 14.1. The van der Waals surface area contributed by atoms with Gasteiger partial charge < -0.3 is 10.2 Å². The summed E-state index contributed by atoms with van der Waals surface area (Å²) in [6.45, 7) is 4.74. The molecular formula is C22H24F2N6O. The number of H-pyrrole nitrogens is 1. The zero-order chi connectivity index (χ0) is 22.0. The lowest BCUT2D eigenvalue weighted by Crippen LogP contribution is -2.41. The Morgan fingerprint density at radius 2 is 2.06 bits per heavy atom. The molecule has 1 fully saturated rings. The van der Waals surface area contributed by atoms with E-state index in [2.05, 4.69) is 25.5 Å². The number of carbonyl (C=O) groups excluding carboxylic acids is 1. The molecule has 0 radical (unpaired) electrons. The number of nitrogens with zero attached hydrogens (tertiary/aromatic N) is 4. The quantitative estimate of drug-likeness (QED) is 0.646. The van der Waals surface area contributed by atoms with Crippen molar-refractivity contribution in [1.82, 2.24) is 25.1 Å². The van der Waals surface area contributed by atoms with E-state index in [4.69, 9.17) is 0 Å². The zero-order valence-electron chi connectivity index (χ0n) is 17.5. The first-order chi connectivity index (χ1) is 14.9. The van der Waals surface area contributed by atoms with Crippen LogP contribution in [-0.2, 0) is 6.42 Å². The molecule has 0 spiro atoms. The van der Waals surface area contributed by atoms with Gasteiger partial charge in [0.15, 0.2) is 17.5 Å². The molecule has 7 nitrogen and oxygen atoms in total. The van der Waals surface area contributed by atoms with Crippen molar-refractivity contribution < 1.29 is 13.6 Å². The minimum atomic E-state index is -1.09. The van der Waals surface area contributed by atoms with Crippen molar-refractivity contribution in [3.05, 3.63) is 64.7 Å². The molecule has 1 aromatic carbocycles. The number of benzene rings is 1. The third kappa shape index (κ3) is 4.87. The SMILES string of the molecule is Cc1nc(C[C@H]2CCCN(C(=O)c3cccc(F)c3F)C2)cc(Nc2cc(C)[nH]n2)n1. The van der Waals surface area contributed by atoms with Crippen molar-refractivity contribution >= 4 is 17.5 Å². The predicted molar refractivity (Wildman–Crippen MR) is 112 cm³/mol. The van der Waals surface area contributed by atoms with Crippen LogP contribution in [0.4, 0.5) is 20.4 Å². The Bertz CT molecular complexity index is 1100. The molecule has 162 valence electrons. The number of amides is 1. The number of hydrogen-bond donors (Lipinski definition) is 2. The van der Waals surface area contributed by atoms with Gasteiger partial charge in [0.05, 0.1) is 5.56 Å².